The van der Waals surface area contributed by atoms with E-state index in [9.17, 15) is 0 Å². The average Bonchev–Trinajstić information content (AvgIpc) is 2.28. The van der Waals surface area contributed by atoms with E-state index < -0.39 is 0 Å². The van der Waals surface area contributed by atoms with Gasteiger partial charge >= 0.3 is 0 Å². The second-order valence-corrected chi connectivity index (χ2v) is 5.21. The summed E-state index contributed by atoms with van der Waals surface area (Å²) < 4.78 is 11.1. The molecule has 1 unspecified atom stereocenters. The molecule has 3 rings (SSSR count). The van der Waals surface area contributed by atoms with E-state index in [1.54, 1.807) is 0 Å². The van der Waals surface area contributed by atoms with E-state index >= 15 is 0 Å². The molecule has 0 bridgehead atoms. The van der Waals surface area contributed by atoms with Crippen LogP contribution in [0.4, 0.5) is 0 Å². The second-order valence-electron chi connectivity index (χ2n) is 5.21. The van der Waals surface area contributed by atoms with Crippen LogP contribution in [0.1, 0.15) is 25.5 Å². The van der Waals surface area contributed by atoms with Gasteiger partial charge < -0.3 is 14.8 Å². The van der Waals surface area contributed by atoms with Crippen LogP contribution in [0, 0.1) is 5.41 Å². The molecule has 0 amide bonds. The van der Waals surface area contributed by atoms with Crippen molar-refractivity contribution in [2.24, 2.45) is 5.41 Å². The van der Waals surface area contributed by atoms with Crippen LogP contribution in [0.2, 0.25) is 0 Å². The van der Waals surface area contributed by atoms with Gasteiger partial charge in [0.05, 0.1) is 0 Å². The third-order valence-corrected chi connectivity index (χ3v) is 3.44. The Morgan fingerprint density at radius 1 is 1.19 bits per heavy atom. The van der Waals surface area contributed by atoms with E-state index in [1.165, 1.54) is 5.56 Å². The monoisotopic (exact) mass is 219 g/mol. The van der Waals surface area contributed by atoms with Crippen LogP contribution in [-0.4, -0.2) is 19.8 Å². The molecular weight excluding hydrogens is 202 g/mol. The van der Waals surface area contributed by atoms with Gasteiger partial charge in [-0.2, -0.15) is 0 Å². The Morgan fingerprint density at radius 3 is 2.56 bits per heavy atom. The first kappa shape index (κ1) is 9.97. The molecule has 16 heavy (non-hydrogen) atoms. The first-order chi connectivity index (χ1) is 7.67. The number of ether oxygens (including phenoxy) is 2. The van der Waals surface area contributed by atoms with Crippen molar-refractivity contribution in [2.75, 3.05) is 19.8 Å². The van der Waals surface area contributed by atoms with E-state index in [0.717, 1.165) is 18.0 Å². The van der Waals surface area contributed by atoms with Gasteiger partial charge in [-0.3, -0.25) is 0 Å². The lowest BCUT2D eigenvalue weighted by molar-refractivity contribution is 0.126. The molecule has 1 saturated heterocycles. The minimum absolute atomic E-state index is 0.337. The molecule has 1 aromatic rings. The molecule has 2 aliphatic heterocycles. The molecule has 1 aromatic carbocycles. The summed E-state index contributed by atoms with van der Waals surface area (Å²) >= 11 is 0. The van der Waals surface area contributed by atoms with Crippen molar-refractivity contribution in [1.82, 2.24) is 5.32 Å². The van der Waals surface area contributed by atoms with Crippen LogP contribution < -0.4 is 14.8 Å². The molecule has 0 saturated carbocycles. The smallest absolute Gasteiger partial charge is 0.161 e. The van der Waals surface area contributed by atoms with Crippen molar-refractivity contribution in [3.63, 3.8) is 0 Å². The minimum Gasteiger partial charge on any atom is -0.486 e. The number of hydrogen-bond donors (Lipinski definition) is 1. The molecule has 2 aliphatic rings. The molecule has 0 aliphatic carbocycles. The summed E-state index contributed by atoms with van der Waals surface area (Å²) in [6.07, 6.45) is 0. The highest BCUT2D eigenvalue weighted by Crippen LogP contribution is 2.42. The standard InChI is InChI=1S/C13H17NO2/c1-13(2)8-14-12(13)9-3-4-10-11(7-9)16-6-5-15-10/h3-4,7,12,14H,5-6,8H2,1-2H3. The normalized spacial score (nSPS) is 26.0. The van der Waals surface area contributed by atoms with Crippen molar-refractivity contribution in [2.45, 2.75) is 19.9 Å². The third-order valence-electron chi connectivity index (χ3n) is 3.44. The van der Waals surface area contributed by atoms with Gasteiger partial charge in [-0.25, -0.2) is 0 Å². The number of nitrogens with one attached hydrogen (secondary N) is 1. The number of benzene rings is 1. The molecule has 3 nitrogen and oxygen atoms in total. The number of hydrogen-bond acceptors (Lipinski definition) is 3. The predicted octanol–water partition coefficient (Wildman–Crippen LogP) is 2.13. The summed E-state index contributed by atoms with van der Waals surface area (Å²) in [6.45, 7) is 6.94. The second kappa shape index (κ2) is 3.39. The largest absolute Gasteiger partial charge is 0.486 e. The highest BCUT2D eigenvalue weighted by molar-refractivity contribution is 5.45. The fourth-order valence-electron chi connectivity index (χ4n) is 2.42. The van der Waals surface area contributed by atoms with Gasteiger partial charge in [-0.05, 0) is 23.1 Å². The van der Waals surface area contributed by atoms with E-state index in [0.29, 0.717) is 24.7 Å². The first-order valence-corrected chi connectivity index (χ1v) is 5.80. The van der Waals surface area contributed by atoms with Crippen LogP contribution >= 0.6 is 0 Å². The third kappa shape index (κ3) is 1.47. The quantitative estimate of drug-likeness (QED) is 0.785. The Bertz CT molecular complexity index is 414. The zero-order valence-corrected chi connectivity index (χ0v) is 9.75. The average molecular weight is 219 g/mol. The molecular formula is C13H17NO2. The SMILES string of the molecule is CC1(C)CNC1c1ccc2c(c1)OCCO2. The summed E-state index contributed by atoms with van der Waals surface area (Å²) in [5.74, 6) is 1.75. The van der Waals surface area contributed by atoms with Gasteiger partial charge in [0.25, 0.3) is 0 Å². The maximum absolute atomic E-state index is 5.60. The molecule has 3 heteroatoms. The van der Waals surface area contributed by atoms with Crippen molar-refractivity contribution in [3.8, 4) is 11.5 Å². The van der Waals surface area contributed by atoms with Crippen LogP contribution in [0.3, 0.4) is 0 Å². The van der Waals surface area contributed by atoms with Crippen LogP contribution in [0.25, 0.3) is 0 Å². The number of fused-ring (bicyclic) bond motifs is 1. The molecule has 0 spiro atoms. The first-order valence-electron chi connectivity index (χ1n) is 5.80. The van der Waals surface area contributed by atoms with Crippen molar-refractivity contribution >= 4 is 0 Å². The number of rotatable bonds is 1. The lowest BCUT2D eigenvalue weighted by atomic mass is 9.74. The van der Waals surface area contributed by atoms with Crippen molar-refractivity contribution in [1.29, 1.82) is 0 Å². The molecule has 0 radical (unpaired) electrons. The fraction of sp³-hybridized carbons (Fsp3) is 0.538. The molecule has 86 valence electrons. The van der Waals surface area contributed by atoms with Gasteiger partial charge in [-0.1, -0.05) is 19.9 Å². The molecule has 0 aromatic heterocycles. The van der Waals surface area contributed by atoms with Crippen LogP contribution in [-0.2, 0) is 0 Å². The molecule has 1 atom stereocenters. The predicted molar refractivity (Wildman–Crippen MR) is 62.0 cm³/mol. The van der Waals surface area contributed by atoms with Gasteiger partial charge in [0.15, 0.2) is 11.5 Å². The Kier molecular flexibility index (Phi) is 2.11. The van der Waals surface area contributed by atoms with Crippen LogP contribution in [0.5, 0.6) is 11.5 Å². The fourth-order valence-corrected chi connectivity index (χ4v) is 2.42. The Hall–Kier alpha value is -1.22. The van der Waals surface area contributed by atoms with E-state index in [4.69, 9.17) is 9.47 Å². The van der Waals surface area contributed by atoms with Gasteiger partial charge in [0.1, 0.15) is 13.2 Å². The summed E-state index contributed by atoms with van der Waals surface area (Å²) in [7, 11) is 0. The minimum atomic E-state index is 0.337. The van der Waals surface area contributed by atoms with E-state index in [1.807, 2.05) is 6.07 Å². The van der Waals surface area contributed by atoms with Crippen molar-refractivity contribution in [3.05, 3.63) is 23.8 Å². The highest BCUT2D eigenvalue weighted by Gasteiger charge is 2.39. The van der Waals surface area contributed by atoms with Gasteiger partial charge in [0, 0.05) is 12.6 Å². The van der Waals surface area contributed by atoms with Crippen LogP contribution in [0.15, 0.2) is 18.2 Å². The van der Waals surface area contributed by atoms with Crippen molar-refractivity contribution < 1.29 is 9.47 Å². The van der Waals surface area contributed by atoms with E-state index in [2.05, 4.69) is 31.3 Å². The van der Waals surface area contributed by atoms with Gasteiger partial charge in [0.2, 0.25) is 0 Å². The zero-order chi connectivity index (χ0) is 11.2. The zero-order valence-electron chi connectivity index (χ0n) is 9.75. The Morgan fingerprint density at radius 2 is 1.94 bits per heavy atom. The molecule has 2 heterocycles. The lowest BCUT2D eigenvalue weighted by Gasteiger charge is -2.46. The summed E-state index contributed by atoms with van der Waals surface area (Å²) in [4.78, 5) is 0. The highest BCUT2D eigenvalue weighted by atomic mass is 16.6. The van der Waals surface area contributed by atoms with Gasteiger partial charge in [-0.15, -0.1) is 0 Å². The Labute approximate surface area is 95.8 Å². The lowest BCUT2D eigenvalue weighted by Crippen LogP contribution is -2.52. The maximum Gasteiger partial charge on any atom is 0.161 e. The summed E-state index contributed by atoms with van der Waals surface area (Å²) in [5, 5.41) is 3.46. The molecule has 1 N–H and O–H groups in total. The summed E-state index contributed by atoms with van der Waals surface area (Å²) in [5.41, 5.74) is 1.63. The Balaban J connectivity index is 1.91. The summed E-state index contributed by atoms with van der Waals surface area (Å²) in [6, 6.07) is 6.68. The van der Waals surface area contributed by atoms with E-state index in [-0.39, 0.29) is 0 Å². The topological polar surface area (TPSA) is 30.5 Å². The molecule has 1 fully saturated rings. The maximum atomic E-state index is 5.60.